The molecule has 2 rings (SSSR count). The van der Waals surface area contributed by atoms with Gasteiger partial charge in [0.1, 0.15) is 79.8 Å². The van der Waals surface area contributed by atoms with E-state index >= 15 is 0 Å². The average molecular weight is 464 g/mol. The molecule has 0 aromatic heterocycles. The molecule has 0 heterocycles. The first-order valence-corrected chi connectivity index (χ1v) is 9.57. The smallest absolute Gasteiger partial charge is 0.111 e. The van der Waals surface area contributed by atoms with Crippen LogP contribution in [0.25, 0.3) is 0 Å². The molecule has 0 aromatic carbocycles. The second-order valence-corrected chi connectivity index (χ2v) is 8.62. The normalized spacial score (nSPS) is 45.7. The van der Waals surface area contributed by atoms with Crippen molar-refractivity contribution >= 4 is 0 Å². The second kappa shape index (κ2) is 12.6. The Hall–Kier alpha value is -0.560. The summed E-state index contributed by atoms with van der Waals surface area (Å²) in [6, 6.07) is 0. The first-order valence-electron chi connectivity index (χ1n) is 9.57. The van der Waals surface area contributed by atoms with Gasteiger partial charge < -0.3 is 70.9 Å². The van der Waals surface area contributed by atoms with Crippen LogP contribution in [-0.2, 0) is 0 Å². The van der Waals surface area contributed by atoms with Crippen LogP contribution in [0.2, 0.25) is 0 Å². The highest BCUT2D eigenvalue weighted by molar-refractivity contribution is 4.99. The van der Waals surface area contributed by atoms with Crippen molar-refractivity contribution in [2.75, 3.05) is 34.3 Å². The minimum atomic E-state index is -1.64. The van der Waals surface area contributed by atoms with E-state index in [1.165, 1.54) is 0 Å². The lowest BCUT2D eigenvalue weighted by atomic mass is 9.85. The molecule has 0 bridgehead atoms. The molecule has 13 N–H and O–H groups in total. The summed E-state index contributed by atoms with van der Waals surface area (Å²) >= 11 is 0. The molecule has 0 radical (unpaired) electrons. The molecule has 2 fully saturated rings. The van der Waals surface area contributed by atoms with Crippen LogP contribution in [0.5, 0.6) is 0 Å². The lowest BCUT2D eigenvalue weighted by Gasteiger charge is -2.39. The number of nitrogens with zero attached hydrogens (tertiary/aromatic N) is 1. The fourth-order valence-corrected chi connectivity index (χ4v) is 2.72. The molecular formula is C17H38NO13+. The highest BCUT2D eigenvalue weighted by atomic mass is 16.4. The van der Waals surface area contributed by atoms with Crippen LogP contribution in [0.1, 0.15) is 0 Å². The SMILES string of the molecule is C[N+](C)(C)CCO.O[C@H]1[C@H](O)[C@@H](O)[C@H](O)[C@@H](O)[C@@H]1O.O[C@H]1[C@H](O)[C@@H](O)[C@H](O)[C@@H](O)[C@H]1O. The van der Waals surface area contributed by atoms with Crippen molar-refractivity contribution in [2.45, 2.75) is 73.2 Å². The van der Waals surface area contributed by atoms with Crippen LogP contribution in [0.3, 0.4) is 0 Å². The van der Waals surface area contributed by atoms with Crippen molar-refractivity contribution in [3.8, 4) is 0 Å². The summed E-state index contributed by atoms with van der Waals surface area (Å²) in [4.78, 5) is 0. The fourth-order valence-electron chi connectivity index (χ4n) is 2.72. The third-order valence-corrected chi connectivity index (χ3v) is 4.97. The maximum Gasteiger partial charge on any atom is 0.111 e. The Bertz CT molecular complexity index is 354. The molecule has 0 spiro atoms. The topological polar surface area (TPSA) is 263 Å². The van der Waals surface area contributed by atoms with Gasteiger partial charge in [0.2, 0.25) is 0 Å². The summed E-state index contributed by atoms with van der Waals surface area (Å²) in [6.45, 7) is 1.11. The predicted octanol–water partition coefficient (Wildman–Crippen LogP) is -7.98. The maximum absolute atomic E-state index is 8.97. The summed E-state index contributed by atoms with van der Waals surface area (Å²) in [6.07, 6.45) is -19.7. The van der Waals surface area contributed by atoms with Gasteiger partial charge in [0.15, 0.2) is 0 Å². The van der Waals surface area contributed by atoms with Gasteiger partial charge in [0.05, 0.1) is 27.7 Å². The quantitative estimate of drug-likeness (QED) is 0.169. The highest BCUT2D eigenvalue weighted by Crippen LogP contribution is 2.21. The Morgan fingerprint density at radius 2 is 0.516 bits per heavy atom. The molecule has 31 heavy (non-hydrogen) atoms. The van der Waals surface area contributed by atoms with E-state index in [4.69, 9.17) is 66.4 Å². The van der Waals surface area contributed by atoms with Crippen LogP contribution in [0, 0.1) is 0 Å². The van der Waals surface area contributed by atoms with E-state index in [0.717, 1.165) is 11.0 Å². The molecule has 0 amide bonds. The van der Waals surface area contributed by atoms with Gasteiger partial charge in [-0.25, -0.2) is 0 Å². The summed E-state index contributed by atoms with van der Waals surface area (Å²) in [5.74, 6) is 0. The third kappa shape index (κ3) is 8.38. The van der Waals surface area contributed by atoms with Crippen molar-refractivity contribution in [1.29, 1.82) is 0 Å². The molecule has 0 saturated heterocycles. The second-order valence-electron chi connectivity index (χ2n) is 8.62. The van der Waals surface area contributed by atoms with E-state index in [0.29, 0.717) is 0 Å². The van der Waals surface area contributed by atoms with Crippen molar-refractivity contribution in [2.24, 2.45) is 0 Å². The van der Waals surface area contributed by atoms with Crippen molar-refractivity contribution in [3.05, 3.63) is 0 Å². The van der Waals surface area contributed by atoms with Gasteiger partial charge in [-0.05, 0) is 0 Å². The van der Waals surface area contributed by atoms with Gasteiger partial charge in [-0.3, -0.25) is 0 Å². The van der Waals surface area contributed by atoms with Gasteiger partial charge in [-0.1, -0.05) is 0 Å². The van der Waals surface area contributed by atoms with Gasteiger partial charge in [0.25, 0.3) is 0 Å². The number of aliphatic hydroxyl groups excluding tert-OH is 13. The number of aliphatic hydroxyl groups is 13. The molecule has 2 saturated carbocycles. The van der Waals surface area contributed by atoms with E-state index in [-0.39, 0.29) is 6.61 Å². The molecule has 0 atom stereocenters. The van der Waals surface area contributed by atoms with Crippen LogP contribution < -0.4 is 0 Å². The largest absolute Gasteiger partial charge is 0.391 e. The van der Waals surface area contributed by atoms with E-state index < -0.39 is 73.2 Å². The first-order chi connectivity index (χ1) is 14.0. The number of hydrogen-bond acceptors (Lipinski definition) is 13. The number of hydrogen-bond donors (Lipinski definition) is 13. The fraction of sp³-hybridized carbons (Fsp3) is 1.00. The standard InChI is InChI=1S/2C6H12O6.C5H14NO/c2*7-1-2(8)4(10)6(12)5(11)3(1)9;1-6(2,3)4-5-7/h2*1-12H;7H,4-5H2,1-3H3/q;;+1/t1-,2-,3+,4+,5-,6-;1-,2-,3-,4+,5-,6-;. The molecule has 14 heteroatoms. The Kier molecular flexibility index (Phi) is 12.4. The Labute approximate surface area is 179 Å². The summed E-state index contributed by atoms with van der Waals surface area (Å²) in [5.41, 5.74) is 0. The molecule has 14 nitrogen and oxygen atoms in total. The zero-order valence-corrected chi connectivity index (χ0v) is 17.6. The van der Waals surface area contributed by atoms with Crippen molar-refractivity contribution in [1.82, 2.24) is 0 Å². The van der Waals surface area contributed by atoms with Gasteiger partial charge >= 0.3 is 0 Å². The number of rotatable bonds is 2. The molecule has 0 aromatic rings. The lowest BCUT2D eigenvalue weighted by molar-refractivity contribution is -0.870. The van der Waals surface area contributed by atoms with Gasteiger partial charge in [0, 0.05) is 0 Å². The molecular weight excluding hydrogens is 426 g/mol. The van der Waals surface area contributed by atoms with Crippen molar-refractivity contribution < 1.29 is 70.9 Å². The third-order valence-electron chi connectivity index (χ3n) is 4.97. The number of quaternary nitrogens is 1. The molecule has 0 unspecified atom stereocenters. The van der Waals surface area contributed by atoms with Gasteiger partial charge in [-0.15, -0.1) is 0 Å². The molecule has 2 aliphatic carbocycles. The zero-order chi connectivity index (χ0) is 24.8. The number of likely N-dealkylation sites (N-methyl/N-ethyl adjacent to an activating group) is 1. The van der Waals surface area contributed by atoms with E-state index in [9.17, 15) is 0 Å². The average Bonchev–Trinajstić information content (AvgIpc) is 2.70. The van der Waals surface area contributed by atoms with E-state index in [2.05, 4.69) is 21.1 Å². The lowest BCUT2D eigenvalue weighted by Crippen LogP contribution is -2.63. The Morgan fingerprint density at radius 1 is 0.387 bits per heavy atom. The molecule has 2 aliphatic rings. The molecule has 0 aliphatic heterocycles. The predicted molar refractivity (Wildman–Crippen MR) is 102 cm³/mol. The highest BCUT2D eigenvalue weighted by Gasteiger charge is 2.48. The van der Waals surface area contributed by atoms with E-state index in [1.807, 2.05) is 0 Å². The van der Waals surface area contributed by atoms with Gasteiger partial charge in [-0.2, -0.15) is 0 Å². The van der Waals surface area contributed by atoms with Crippen molar-refractivity contribution in [3.63, 3.8) is 0 Å². The minimum absolute atomic E-state index is 0.281. The summed E-state index contributed by atoms with van der Waals surface area (Å²) < 4.78 is 0.844. The maximum atomic E-state index is 8.97. The minimum Gasteiger partial charge on any atom is -0.391 e. The monoisotopic (exact) mass is 464 g/mol. The van der Waals surface area contributed by atoms with Crippen LogP contribution >= 0.6 is 0 Å². The Balaban J connectivity index is 0.000000454. The zero-order valence-electron chi connectivity index (χ0n) is 17.6. The van der Waals surface area contributed by atoms with Crippen LogP contribution in [0.4, 0.5) is 0 Å². The van der Waals surface area contributed by atoms with E-state index in [1.54, 1.807) is 0 Å². The van der Waals surface area contributed by atoms with Crippen LogP contribution in [0.15, 0.2) is 0 Å². The molecule has 188 valence electrons. The Morgan fingerprint density at radius 3 is 0.548 bits per heavy atom. The van der Waals surface area contributed by atoms with Crippen LogP contribution in [-0.4, -0.2) is 178 Å². The summed E-state index contributed by atoms with van der Waals surface area (Å²) in [5, 5.41) is 116. The first kappa shape index (κ1) is 30.4. The summed E-state index contributed by atoms with van der Waals surface area (Å²) in [7, 11) is 6.16.